The van der Waals surface area contributed by atoms with Crippen molar-refractivity contribution in [2.45, 2.75) is 38.6 Å². The standard InChI is InChI=1S/C20H21NO5/c1-11-17(18-14(22)6-4-7-15(18)26-11)20(23)21-13-9-12-5-3-8-16(24-2)19(12)25-10-13/h3,5,8,13H,4,6-7,9-10H2,1-2H3,(H,21,23). The number of ketones is 1. The third-order valence-electron chi connectivity index (χ3n) is 4.98. The van der Waals surface area contributed by atoms with Gasteiger partial charge in [-0.05, 0) is 25.8 Å². The Morgan fingerprint density at radius 1 is 1.31 bits per heavy atom. The Morgan fingerprint density at radius 3 is 2.96 bits per heavy atom. The van der Waals surface area contributed by atoms with Crippen molar-refractivity contribution in [1.29, 1.82) is 0 Å². The smallest absolute Gasteiger partial charge is 0.255 e. The highest BCUT2D eigenvalue weighted by Crippen LogP contribution is 2.35. The van der Waals surface area contributed by atoms with E-state index in [2.05, 4.69) is 5.32 Å². The van der Waals surface area contributed by atoms with Crippen molar-refractivity contribution < 1.29 is 23.5 Å². The molecule has 1 atom stereocenters. The van der Waals surface area contributed by atoms with Crippen molar-refractivity contribution in [3.05, 3.63) is 46.4 Å². The zero-order valence-electron chi connectivity index (χ0n) is 14.9. The van der Waals surface area contributed by atoms with Crippen molar-refractivity contribution in [2.24, 2.45) is 0 Å². The largest absolute Gasteiger partial charge is 0.493 e. The van der Waals surface area contributed by atoms with E-state index in [1.54, 1.807) is 14.0 Å². The lowest BCUT2D eigenvalue weighted by Crippen LogP contribution is -2.43. The van der Waals surface area contributed by atoms with Crippen LogP contribution in [0, 0.1) is 6.92 Å². The minimum atomic E-state index is -0.275. The molecule has 1 N–H and O–H groups in total. The van der Waals surface area contributed by atoms with Gasteiger partial charge in [-0.3, -0.25) is 9.59 Å². The average Bonchev–Trinajstić information content (AvgIpc) is 2.98. The summed E-state index contributed by atoms with van der Waals surface area (Å²) in [5.74, 6) is 2.27. The lowest BCUT2D eigenvalue weighted by molar-refractivity contribution is 0.0898. The number of Topliss-reactive ketones (excluding diaryl/α,β-unsaturated/α-hetero) is 1. The second-order valence-corrected chi connectivity index (χ2v) is 6.74. The van der Waals surface area contributed by atoms with E-state index in [4.69, 9.17) is 13.9 Å². The van der Waals surface area contributed by atoms with Crippen LogP contribution in [0.2, 0.25) is 0 Å². The summed E-state index contributed by atoms with van der Waals surface area (Å²) >= 11 is 0. The molecule has 0 spiro atoms. The van der Waals surface area contributed by atoms with Crippen molar-refractivity contribution in [3.8, 4) is 11.5 Å². The van der Waals surface area contributed by atoms with Gasteiger partial charge in [0.2, 0.25) is 0 Å². The van der Waals surface area contributed by atoms with Crippen LogP contribution in [-0.2, 0) is 12.8 Å². The van der Waals surface area contributed by atoms with E-state index in [0.29, 0.717) is 54.3 Å². The summed E-state index contributed by atoms with van der Waals surface area (Å²) in [5, 5.41) is 2.99. The Balaban J connectivity index is 1.55. The number of hydrogen-bond donors (Lipinski definition) is 1. The Hall–Kier alpha value is -2.76. The van der Waals surface area contributed by atoms with Gasteiger partial charge in [-0.25, -0.2) is 0 Å². The first-order valence-electron chi connectivity index (χ1n) is 8.83. The first-order valence-corrected chi connectivity index (χ1v) is 8.83. The number of amides is 1. The molecule has 1 unspecified atom stereocenters. The first kappa shape index (κ1) is 16.7. The minimum Gasteiger partial charge on any atom is -0.493 e. The summed E-state index contributed by atoms with van der Waals surface area (Å²) in [6.45, 7) is 2.09. The molecule has 0 saturated heterocycles. The third-order valence-corrected chi connectivity index (χ3v) is 4.98. The molecule has 2 aromatic rings. The molecule has 6 nitrogen and oxygen atoms in total. The van der Waals surface area contributed by atoms with Crippen LogP contribution in [0.5, 0.6) is 11.5 Å². The Morgan fingerprint density at radius 2 is 2.15 bits per heavy atom. The summed E-state index contributed by atoms with van der Waals surface area (Å²) in [7, 11) is 1.61. The van der Waals surface area contributed by atoms with Gasteiger partial charge < -0.3 is 19.2 Å². The molecule has 6 heteroatoms. The molecule has 2 aliphatic rings. The molecule has 136 valence electrons. The summed E-state index contributed by atoms with van der Waals surface area (Å²) in [5.41, 5.74) is 1.83. The monoisotopic (exact) mass is 355 g/mol. The fourth-order valence-corrected chi connectivity index (χ4v) is 3.79. The van der Waals surface area contributed by atoms with Crippen LogP contribution in [0.15, 0.2) is 22.6 Å². The lowest BCUT2D eigenvalue weighted by Gasteiger charge is -2.27. The molecular weight excluding hydrogens is 334 g/mol. The number of nitrogens with one attached hydrogen (secondary N) is 1. The number of para-hydroxylation sites is 1. The van der Waals surface area contributed by atoms with E-state index in [-0.39, 0.29) is 17.7 Å². The number of carbonyl (C=O) groups is 2. The van der Waals surface area contributed by atoms with E-state index in [1.807, 2.05) is 18.2 Å². The number of fused-ring (bicyclic) bond motifs is 2. The third kappa shape index (κ3) is 2.75. The second kappa shape index (κ2) is 6.52. The number of ether oxygens (including phenoxy) is 2. The highest BCUT2D eigenvalue weighted by atomic mass is 16.5. The fraction of sp³-hybridized carbons (Fsp3) is 0.400. The Kier molecular flexibility index (Phi) is 4.18. The number of furan rings is 1. The fourth-order valence-electron chi connectivity index (χ4n) is 3.79. The molecule has 0 fully saturated rings. The van der Waals surface area contributed by atoms with Crippen LogP contribution in [0.4, 0.5) is 0 Å². The van der Waals surface area contributed by atoms with E-state index in [9.17, 15) is 9.59 Å². The van der Waals surface area contributed by atoms with Crippen LogP contribution >= 0.6 is 0 Å². The molecule has 1 aromatic carbocycles. The zero-order valence-corrected chi connectivity index (χ0v) is 14.9. The van der Waals surface area contributed by atoms with E-state index >= 15 is 0 Å². The molecule has 26 heavy (non-hydrogen) atoms. The van der Waals surface area contributed by atoms with Gasteiger partial charge in [-0.1, -0.05) is 12.1 Å². The summed E-state index contributed by atoms with van der Waals surface area (Å²) < 4.78 is 16.8. The van der Waals surface area contributed by atoms with E-state index in [1.165, 1.54) is 0 Å². The molecule has 1 aliphatic heterocycles. The van der Waals surface area contributed by atoms with Gasteiger partial charge in [0.1, 0.15) is 18.1 Å². The predicted octanol–water partition coefficient (Wildman–Crippen LogP) is 2.85. The summed E-state index contributed by atoms with van der Waals surface area (Å²) in [4.78, 5) is 25.1. The topological polar surface area (TPSA) is 77.8 Å². The molecule has 1 amide bonds. The molecule has 0 radical (unpaired) electrons. The molecule has 0 bridgehead atoms. The first-order chi connectivity index (χ1) is 12.6. The van der Waals surface area contributed by atoms with E-state index < -0.39 is 0 Å². The van der Waals surface area contributed by atoms with Crippen LogP contribution < -0.4 is 14.8 Å². The van der Waals surface area contributed by atoms with E-state index in [0.717, 1.165) is 17.7 Å². The van der Waals surface area contributed by atoms with Crippen molar-refractivity contribution in [1.82, 2.24) is 5.32 Å². The Bertz CT molecular complexity index is 883. The van der Waals surface area contributed by atoms with Gasteiger partial charge in [0.05, 0.1) is 24.3 Å². The van der Waals surface area contributed by atoms with Gasteiger partial charge in [0, 0.05) is 18.4 Å². The second-order valence-electron chi connectivity index (χ2n) is 6.74. The quantitative estimate of drug-likeness (QED) is 0.916. The Labute approximate surface area is 151 Å². The van der Waals surface area contributed by atoms with Gasteiger partial charge in [-0.2, -0.15) is 0 Å². The molecule has 2 heterocycles. The lowest BCUT2D eigenvalue weighted by atomic mass is 9.93. The number of hydrogen-bond acceptors (Lipinski definition) is 5. The SMILES string of the molecule is COc1cccc2c1OCC(NC(=O)c1c(C)oc3c1C(=O)CCC3)C2. The molecule has 4 rings (SSSR count). The van der Waals surface area contributed by atoms with Crippen molar-refractivity contribution in [2.75, 3.05) is 13.7 Å². The highest BCUT2D eigenvalue weighted by Gasteiger charge is 2.32. The maximum atomic E-state index is 12.8. The zero-order chi connectivity index (χ0) is 18.3. The normalized spacial score (nSPS) is 18.5. The molecule has 1 aromatic heterocycles. The van der Waals surface area contributed by atoms with Gasteiger partial charge in [0.25, 0.3) is 5.91 Å². The highest BCUT2D eigenvalue weighted by molar-refractivity contribution is 6.10. The average molecular weight is 355 g/mol. The van der Waals surface area contributed by atoms with Crippen LogP contribution in [0.3, 0.4) is 0 Å². The van der Waals surface area contributed by atoms with Gasteiger partial charge in [-0.15, -0.1) is 0 Å². The number of carbonyl (C=O) groups excluding carboxylic acids is 2. The number of methoxy groups -OCH3 is 1. The van der Waals surface area contributed by atoms with Gasteiger partial charge >= 0.3 is 0 Å². The maximum Gasteiger partial charge on any atom is 0.255 e. The summed E-state index contributed by atoms with van der Waals surface area (Å²) in [6.07, 6.45) is 2.58. The van der Waals surface area contributed by atoms with Crippen molar-refractivity contribution >= 4 is 11.7 Å². The number of rotatable bonds is 3. The number of aryl methyl sites for hydroxylation is 2. The van der Waals surface area contributed by atoms with Crippen LogP contribution in [-0.4, -0.2) is 31.4 Å². The van der Waals surface area contributed by atoms with Crippen LogP contribution in [0.25, 0.3) is 0 Å². The van der Waals surface area contributed by atoms with Crippen LogP contribution in [0.1, 0.15) is 50.6 Å². The van der Waals surface area contributed by atoms with Gasteiger partial charge in [0.15, 0.2) is 17.3 Å². The van der Waals surface area contributed by atoms with Crippen molar-refractivity contribution in [3.63, 3.8) is 0 Å². The minimum absolute atomic E-state index is 0.0109. The molecule has 1 aliphatic carbocycles. The predicted molar refractivity (Wildman–Crippen MR) is 94.2 cm³/mol. The molecular formula is C20H21NO5. The maximum absolute atomic E-state index is 12.8. The summed E-state index contributed by atoms with van der Waals surface area (Å²) in [6, 6.07) is 5.54. The molecule has 0 saturated carbocycles. The number of benzene rings is 1.